The molecule has 2 heterocycles. The van der Waals surface area contributed by atoms with Gasteiger partial charge in [-0.05, 0) is 31.9 Å². The average molecular weight is 296 g/mol. The number of carbonyl (C=O) groups is 1. The maximum atomic E-state index is 12.0. The van der Waals surface area contributed by atoms with Gasteiger partial charge in [-0.15, -0.1) is 0 Å². The Kier molecular flexibility index (Phi) is 3.96. The molecule has 0 saturated carbocycles. The van der Waals surface area contributed by atoms with Gasteiger partial charge in [0.1, 0.15) is 0 Å². The Balaban J connectivity index is 1.56. The molecule has 22 heavy (non-hydrogen) atoms. The van der Waals surface area contributed by atoms with Gasteiger partial charge in [0.05, 0.1) is 12.1 Å². The van der Waals surface area contributed by atoms with Crippen molar-refractivity contribution in [2.45, 2.75) is 26.7 Å². The van der Waals surface area contributed by atoms with Crippen molar-refractivity contribution in [3.8, 4) is 0 Å². The summed E-state index contributed by atoms with van der Waals surface area (Å²) in [5.41, 5.74) is 5.21. The van der Waals surface area contributed by atoms with E-state index in [2.05, 4.69) is 32.6 Å². The maximum Gasteiger partial charge on any atom is 0.224 e. The molecule has 5 nitrogen and oxygen atoms in total. The minimum atomic E-state index is 0.0347. The normalized spacial score (nSPS) is 11.0. The van der Waals surface area contributed by atoms with Gasteiger partial charge < -0.3 is 10.3 Å². The van der Waals surface area contributed by atoms with Crippen LogP contribution in [0.4, 0.5) is 0 Å². The van der Waals surface area contributed by atoms with Gasteiger partial charge in [-0.2, -0.15) is 5.10 Å². The van der Waals surface area contributed by atoms with E-state index in [0.717, 1.165) is 28.9 Å². The zero-order valence-electron chi connectivity index (χ0n) is 12.9. The second-order valence-corrected chi connectivity index (χ2v) is 5.55. The lowest BCUT2D eigenvalue weighted by molar-refractivity contribution is -0.120. The minimum absolute atomic E-state index is 0.0347. The zero-order valence-corrected chi connectivity index (χ0v) is 12.9. The summed E-state index contributed by atoms with van der Waals surface area (Å²) in [6, 6.07) is 8.20. The Hall–Kier alpha value is -2.56. The smallest absolute Gasteiger partial charge is 0.224 e. The molecule has 0 aliphatic rings. The molecule has 3 rings (SSSR count). The molecule has 0 fully saturated rings. The largest absolute Gasteiger partial charge is 0.361 e. The van der Waals surface area contributed by atoms with Crippen molar-refractivity contribution < 1.29 is 4.79 Å². The summed E-state index contributed by atoms with van der Waals surface area (Å²) in [5.74, 6) is 0.0347. The number of aromatic amines is 2. The summed E-state index contributed by atoms with van der Waals surface area (Å²) in [6.45, 7) is 4.49. The number of fused-ring (bicyclic) bond motifs is 1. The van der Waals surface area contributed by atoms with Gasteiger partial charge in [0.25, 0.3) is 0 Å². The second-order valence-electron chi connectivity index (χ2n) is 5.55. The van der Waals surface area contributed by atoms with E-state index in [1.54, 1.807) is 0 Å². The lowest BCUT2D eigenvalue weighted by Gasteiger charge is -2.05. The molecular formula is C17H20N4O. The number of benzene rings is 1. The maximum absolute atomic E-state index is 12.0. The fourth-order valence-corrected chi connectivity index (χ4v) is 2.73. The topological polar surface area (TPSA) is 73.6 Å². The highest BCUT2D eigenvalue weighted by Crippen LogP contribution is 2.17. The molecule has 1 aromatic carbocycles. The SMILES string of the molecule is Cc1n[nH]c(C)c1CC(=O)NCCc1c[nH]c2ccccc12. The van der Waals surface area contributed by atoms with Gasteiger partial charge >= 0.3 is 0 Å². The Morgan fingerprint density at radius 2 is 2.09 bits per heavy atom. The molecule has 0 spiro atoms. The highest BCUT2D eigenvalue weighted by Gasteiger charge is 2.11. The highest BCUT2D eigenvalue weighted by atomic mass is 16.1. The summed E-state index contributed by atoms with van der Waals surface area (Å²) >= 11 is 0. The molecule has 1 amide bonds. The van der Waals surface area contributed by atoms with Crippen LogP contribution >= 0.6 is 0 Å². The third-order valence-corrected chi connectivity index (χ3v) is 4.01. The first kappa shape index (κ1) is 14.4. The molecule has 5 heteroatoms. The number of amides is 1. The van der Waals surface area contributed by atoms with E-state index in [1.807, 2.05) is 32.2 Å². The van der Waals surface area contributed by atoms with Crippen LogP contribution in [0, 0.1) is 13.8 Å². The fourth-order valence-electron chi connectivity index (χ4n) is 2.73. The van der Waals surface area contributed by atoms with Crippen LogP contribution in [0.5, 0.6) is 0 Å². The predicted octanol–water partition coefficient (Wildman–Crippen LogP) is 2.41. The number of hydrogen-bond donors (Lipinski definition) is 3. The standard InChI is InChI=1S/C17H20N4O/c1-11-15(12(2)21-20-11)9-17(22)18-8-7-13-10-19-16-6-4-3-5-14(13)16/h3-6,10,19H,7-9H2,1-2H3,(H,18,22)(H,20,21). The molecule has 0 saturated heterocycles. The van der Waals surface area contributed by atoms with Crippen molar-refractivity contribution >= 4 is 16.8 Å². The molecule has 0 aliphatic heterocycles. The lowest BCUT2D eigenvalue weighted by atomic mass is 10.1. The van der Waals surface area contributed by atoms with Crippen LogP contribution in [-0.4, -0.2) is 27.6 Å². The number of H-pyrrole nitrogens is 2. The summed E-state index contributed by atoms with van der Waals surface area (Å²) in [6.07, 6.45) is 3.21. The number of rotatable bonds is 5. The van der Waals surface area contributed by atoms with E-state index < -0.39 is 0 Å². The lowest BCUT2D eigenvalue weighted by Crippen LogP contribution is -2.27. The molecule has 3 aromatic rings. The van der Waals surface area contributed by atoms with Crippen molar-refractivity contribution in [1.29, 1.82) is 0 Å². The monoisotopic (exact) mass is 296 g/mol. The summed E-state index contributed by atoms with van der Waals surface area (Å²) in [7, 11) is 0. The van der Waals surface area contributed by atoms with E-state index in [1.165, 1.54) is 10.9 Å². The van der Waals surface area contributed by atoms with Gasteiger partial charge in [0.2, 0.25) is 5.91 Å². The van der Waals surface area contributed by atoms with Crippen LogP contribution in [0.25, 0.3) is 10.9 Å². The van der Waals surface area contributed by atoms with E-state index >= 15 is 0 Å². The Labute approximate surface area is 129 Å². The Morgan fingerprint density at radius 1 is 1.27 bits per heavy atom. The van der Waals surface area contributed by atoms with E-state index in [0.29, 0.717) is 13.0 Å². The van der Waals surface area contributed by atoms with Crippen LogP contribution in [0.2, 0.25) is 0 Å². The predicted molar refractivity (Wildman–Crippen MR) is 86.8 cm³/mol. The first-order valence-corrected chi connectivity index (χ1v) is 7.47. The Bertz CT molecular complexity index is 780. The van der Waals surface area contributed by atoms with Gasteiger partial charge in [-0.25, -0.2) is 0 Å². The number of nitrogens with one attached hydrogen (secondary N) is 3. The molecule has 114 valence electrons. The highest BCUT2D eigenvalue weighted by molar-refractivity contribution is 5.83. The minimum Gasteiger partial charge on any atom is -0.361 e. The van der Waals surface area contributed by atoms with Crippen LogP contribution in [0.15, 0.2) is 30.5 Å². The molecule has 3 N–H and O–H groups in total. The first-order valence-electron chi connectivity index (χ1n) is 7.47. The van der Waals surface area contributed by atoms with Crippen molar-refractivity contribution in [3.05, 3.63) is 53.0 Å². The number of aromatic nitrogens is 3. The molecule has 0 bridgehead atoms. The van der Waals surface area contributed by atoms with Crippen LogP contribution in [0.3, 0.4) is 0 Å². The van der Waals surface area contributed by atoms with Gasteiger partial charge in [0, 0.05) is 34.9 Å². The summed E-state index contributed by atoms with van der Waals surface area (Å²) in [5, 5.41) is 11.2. The fraction of sp³-hybridized carbons (Fsp3) is 0.294. The van der Waals surface area contributed by atoms with Crippen molar-refractivity contribution in [1.82, 2.24) is 20.5 Å². The zero-order chi connectivity index (χ0) is 15.5. The molecule has 0 radical (unpaired) electrons. The molecule has 0 aliphatic carbocycles. The van der Waals surface area contributed by atoms with Gasteiger partial charge in [-0.1, -0.05) is 18.2 Å². The molecule has 0 unspecified atom stereocenters. The summed E-state index contributed by atoms with van der Waals surface area (Å²) < 4.78 is 0. The van der Waals surface area contributed by atoms with Crippen LogP contribution in [-0.2, 0) is 17.6 Å². The quantitative estimate of drug-likeness (QED) is 0.676. The second kappa shape index (κ2) is 6.05. The third-order valence-electron chi connectivity index (χ3n) is 4.01. The number of carbonyl (C=O) groups excluding carboxylic acids is 1. The van der Waals surface area contributed by atoms with Crippen molar-refractivity contribution in [3.63, 3.8) is 0 Å². The number of nitrogens with zero attached hydrogens (tertiary/aromatic N) is 1. The van der Waals surface area contributed by atoms with E-state index in [-0.39, 0.29) is 5.91 Å². The summed E-state index contributed by atoms with van der Waals surface area (Å²) in [4.78, 5) is 15.3. The molecular weight excluding hydrogens is 276 g/mol. The average Bonchev–Trinajstić information content (AvgIpc) is 3.06. The number of hydrogen-bond acceptors (Lipinski definition) is 2. The van der Waals surface area contributed by atoms with E-state index in [9.17, 15) is 4.79 Å². The van der Waals surface area contributed by atoms with Crippen molar-refractivity contribution in [2.24, 2.45) is 0 Å². The van der Waals surface area contributed by atoms with Gasteiger partial charge in [0.15, 0.2) is 0 Å². The Morgan fingerprint density at radius 3 is 2.86 bits per heavy atom. The van der Waals surface area contributed by atoms with Gasteiger partial charge in [-0.3, -0.25) is 9.89 Å². The first-order chi connectivity index (χ1) is 10.6. The number of para-hydroxylation sites is 1. The van der Waals surface area contributed by atoms with Crippen LogP contribution in [0.1, 0.15) is 22.5 Å². The van der Waals surface area contributed by atoms with Crippen molar-refractivity contribution in [2.75, 3.05) is 6.54 Å². The molecule has 0 atom stereocenters. The third kappa shape index (κ3) is 2.88. The number of aryl methyl sites for hydroxylation is 2. The van der Waals surface area contributed by atoms with Crippen LogP contribution < -0.4 is 5.32 Å². The van der Waals surface area contributed by atoms with E-state index in [4.69, 9.17) is 0 Å². The molecule has 2 aromatic heterocycles.